The number of carbonyl (C=O) groups excluding carboxylic acids is 1. The van der Waals surface area contributed by atoms with Gasteiger partial charge in [0.2, 0.25) is 0 Å². The van der Waals surface area contributed by atoms with Crippen LogP contribution in [0.15, 0.2) is 36.0 Å². The Labute approximate surface area is 164 Å². The van der Waals surface area contributed by atoms with E-state index < -0.39 is 5.91 Å². The zero-order valence-corrected chi connectivity index (χ0v) is 16.3. The maximum atomic E-state index is 11.8. The predicted octanol–water partition coefficient (Wildman–Crippen LogP) is 2.31. The van der Waals surface area contributed by atoms with E-state index in [0.717, 1.165) is 19.3 Å². The number of nitrogens with two attached hydrogens (primary N) is 1. The fourth-order valence-corrected chi connectivity index (χ4v) is 3.29. The first kappa shape index (κ1) is 20.7. The van der Waals surface area contributed by atoms with Gasteiger partial charge in [0.15, 0.2) is 0 Å². The number of nitriles is 1. The number of primary amides is 1. The van der Waals surface area contributed by atoms with E-state index in [-0.39, 0.29) is 23.4 Å². The maximum Gasteiger partial charge on any atom is 0.253 e. The minimum Gasteiger partial charge on any atom is -0.386 e. The van der Waals surface area contributed by atoms with Gasteiger partial charge in [-0.05, 0) is 57.6 Å². The Morgan fingerprint density at radius 1 is 1.37 bits per heavy atom. The molecule has 27 heavy (non-hydrogen) atoms. The molecule has 1 saturated carbocycles. The lowest BCUT2D eigenvalue weighted by Crippen LogP contribution is -2.44. The topological polar surface area (TPSA) is 118 Å². The molecule has 144 valence electrons. The van der Waals surface area contributed by atoms with Gasteiger partial charge in [-0.3, -0.25) is 10.2 Å². The molecule has 3 atom stereocenters. The third-order valence-corrected chi connectivity index (χ3v) is 5.06. The van der Waals surface area contributed by atoms with Gasteiger partial charge in [-0.15, -0.1) is 0 Å². The molecule has 2 rings (SSSR count). The summed E-state index contributed by atoms with van der Waals surface area (Å²) in [5.41, 5.74) is 6.09. The third-order valence-electron chi connectivity index (χ3n) is 4.81. The molecule has 0 aromatic heterocycles. The first-order valence-corrected chi connectivity index (χ1v) is 9.13. The Bertz CT molecular complexity index is 752. The van der Waals surface area contributed by atoms with Crippen molar-refractivity contribution in [2.75, 3.05) is 19.4 Å². The van der Waals surface area contributed by atoms with E-state index in [1.54, 1.807) is 24.3 Å². The number of carbonyl (C=O) groups is 1. The van der Waals surface area contributed by atoms with Crippen LogP contribution in [-0.2, 0) is 4.79 Å². The van der Waals surface area contributed by atoms with Gasteiger partial charge in [-0.25, -0.2) is 0 Å². The van der Waals surface area contributed by atoms with Crippen molar-refractivity contribution in [3.63, 3.8) is 0 Å². The van der Waals surface area contributed by atoms with Crippen molar-refractivity contribution in [3.8, 4) is 6.07 Å². The van der Waals surface area contributed by atoms with Gasteiger partial charge >= 0.3 is 0 Å². The molecule has 0 bridgehead atoms. The fourth-order valence-electron chi connectivity index (χ4n) is 3.16. The second-order valence-corrected chi connectivity index (χ2v) is 7.30. The smallest absolute Gasteiger partial charge is 0.253 e. The van der Waals surface area contributed by atoms with Gasteiger partial charge in [-0.1, -0.05) is 11.6 Å². The number of benzene rings is 1. The molecule has 1 aromatic carbocycles. The van der Waals surface area contributed by atoms with Gasteiger partial charge in [0.25, 0.3) is 5.91 Å². The Balaban J connectivity index is 2.06. The molecule has 1 aromatic rings. The van der Waals surface area contributed by atoms with Crippen molar-refractivity contribution in [1.82, 2.24) is 10.2 Å². The number of amides is 1. The summed E-state index contributed by atoms with van der Waals surface area (Å²) in [6.07, 6.45) is 3.98. The van der Waals surface area contributed by atoms with Gasteiger partial charge in [0, 0.05) is 29.0 Å². The summed E-state index contributed by atoms with van der Waals surface area (Å²) >= 11 is 5.85. The number of nitrogens with one attached hydrogen (secondary N) is 3. The van der Waals surface area contributed by atoms with Gasteiger partial charge in [-0.2, -0.15) is 5.26 Å². The average Bonchev–Trinajstić information content (AvgIpc) is 2.63. The normalized spacial score (nSPS) is 22.8. The van der Waals surface area contributed by atoms with Crippen LogP contribution in [0.25, 0.3) is 0 Å². The van der Waals surface area contributed by atoms with E-state index in [2.05, 4.69) is 21.6 Å². The Kier molecular flexibility index (Phi) is 7.22. The monoisotopic (exact) mass is 388 g/mol. The largest absolute Gasteiger partial charge is 0.386 e. The fraction of sp³-hybridized carbons (Fsp3) is 0.421. The van der Waals surface area contributed by atoms with Crippen LogP contribution in [0.3, 0.4) is 0 Å². The van der Waals surface area contributed by atoms with Crippen LogP contribution in [-0.4, -0.2) is 42.8 Å². The molecule has 0 radical (unpaired) electrons. The number of halogens is 1. The van der Waals surface area contributed by atoms with E-state index in [4.69, 9.17) is 22.7 Å². The van der Waals surface area contributed by atoms with Crippen molar-refractivity contribution in [2.45, 2.75) is 31.3 Å². The lowest BCUT2D eigenvalue weighted by molar-refractivity contribution is -0.114. The highest BCUT2D eigenvalue weighted by molar-refractivity contribution is 6.30. The zero-order valence-electron chi connectivity index (χ0n) is 15.5. The highest BCUT2D eigenvalue weighted by Gasteiger charge is 2.31. The highest BCUT2D eigenvalue weighted by Crippen LogP contribution is 2.27. The first-order valence-electron chi connectivity index (χ1n) is 8.75. The van der Waals surface area contributed by atoms with Crippen molar-refractivity contribution < 1.29 is 4.79 Å². The molecule has 1 aliphatic rings. The minimum atomic E-state index is -0.718. The highest BCUT2D eigenvalue weighted by atomic mass is 35.5. The summed E-state index contributed by atoms with van der Waals surface area (Å²) in [4.78, 5) is 13.9. The summed E-state index contributed by atoms with van der Waals surface area (Å²) < 4.78 is 0. The van der Waals surface area contributed by atoms with Crippen LogP contribution in [0.4, 0.5) is 5.69 Å². The quantitative estimate of drug-likeness (QED) is 0.339. The predicted molar refractivity (Wildman–Crippen MR) is 107 cm³/mol. The summed E-state index contributed by atoms with van der Waals surface area (Å²) in [7, 11) is 4.03. The second-order valence-electron chi connectivity index (χ2n) is 6.87. The second kappa shape index (κ2) is 9.40. The first-order chi connectivity index (χ1) is 12.8. The Hall–Kier alpha value is -2.56. The van der Waals surface area contributed by atoms with E-state index in [0.29, 0.717) is 16.8 Å². The molecular formula is C19H25ClN6O. The van der Waals surface area contributed by atoms with Gasteiger partial charge in [0.1, 0.15) is 5.84 Å². The molecule has 1 amide bonds. The molecule has 0 unspecified atom stereocenters. The van der Waals surface area contributed by atoms with E-state index in [9.17, 15) is 10.1 Å². The Morgan fingerprint density at radius 3 is 2.59 bits per heavy atom. The molecule has 1 fully saturated rings. The van der Waals surface area contributed by atoms with Crippen LogP contribution in [0.2, 0.25) is 5.02 Å². The SMILES string of the molecule is CN(C)[C@H]1CC[C@H](N/C=C(\C(=N)Nc2ccc(Cl)cc2)C(N)=O)[C@@H](C#N)C1. The van der Waals surface area contributed by atoms with Crippen molar-refractivity contribution in [2.24, 2.45) is 11.7 Å². The molecule has 8 heteroatoms. The van der Waals surface area contributed by atoms with Crippen LogP contribution in [0.1, 0.15) is 19.3 Å². The molecule has 7 nitrogen and oxygen atoms in total. The van der Waals surface area contributed by atoms with Crippen LogP contribution < -0.4 is 16.4 Å². The number of anilines is 1. The number of rotatable bonds is 6. The number of hydrogen-bond acceptors (Lipinski definition) is 5. The van der Waals surface area contributed by atoms with Gasteiger partial charge in [0.05, 0.1) is 17.6 Å². The van der Waals surface area contributed by atoms with Crippen molar-refractivity contribution in [3.05, 3.63) is 41.1 Å². The van der Waals surface area contributed by atoms with Gasteiger partial charge < -0.3 is 21.3 Å². The molecule has 0 saturated heterocycles. The molecule has 0 aliphatic heterocycles. The lowest BCUT2D eigenvalue weighted by Gasteiger charge is -2.36. The molecule has 0 spiro atoms. The van der Waals surface area contributed by atoms with E-state index in [1.807, 2.05) is 14.1 Å². The van der Waals surface area contributed by atoms with Crippen LogP contribution >= 0.6 is 11.6 Å². The maximum absolute atomic E-state index is 11.8. The standard InChI is InChI=1S/C19H25ClN6O/c1-26(2)15-7-8-17(12(9-15)10-21)24-11-16(19(23)27)18(22)25-14-5-3-13(20)4-6-14/h3-6,11-12,15,17,24H,7-9H2,1-2H3,(H2,22,25)(H2,23,27)/b16-11+/t12-,15+,17+/m1/s1. The summed E-state index contributed by atoms with van der Waals surface area (Å²) in [5.74, 6) is -1.01. The van der Waals surface area contributed by atoms with Crippen molar-refractivity contribution >= 4 is 29.0 Å². The number of nitrogens with zero attached hydrogens (tertiary/aromatic N) is 2. The van der Waals surface area contributed by atoms with Crippen LogP contribution in [0.5, 0.6) is 0 Å². The molecular weight excluding hydrogens is 364 g/mol. The average molecular weight is 389 g/mol. The summed E-state index contributed by atoms with van der Waals surface area (Å²) in [6.45, 7) is 0. The number of amidine groups is 1. The van der Waals surface area contributed by atoms with Crippen LogP contribution in [0, 0.1) is 22.7 Å². The summed E-state index contributed by atoms with van der Waals surface area (Å²) in [5, 5.41) is 24.2. The Morgan fingerprint density at radius 2 is 2.04 bits per heavy atom. The van der Waals surface area contributed by atoms with E-state index in [1.165, 1.54) is 6.20 Å². The molecule has 5 N–H and O–H groups in total. The lowest BCUT2D eigenvalue weighted by atomic mass is 9.82. The minimum absolute atomic E-state index is 0.0244. The van der Waals surface area contributed by atoms with Crippen molar-refractivity contribution in [1.29, 1.82) is 10.7 Å². The summed E-state index contributed by atoms with van der Waals surface area (Å²) in [6, 6.07) is 9.42. The number of hydrogen-bond donors (Lipinski definition) is 4. The molecule has 1 aliphatic carbocycles. The van der Waals surface area contributed by atoms with E-state index >= 15 is 0 Å². The molecule has 0 heterocycles. The third kappa shape index (κ3) is 5.71. The zero-order chi connectivity index (χ0) is 20.0.